The fourth-order valence-electron chi connectivity index (χ4n) is 2.20. The second-order valence-electron chi connectivity index (χ2n) is 4.33. The van der Waals surface area contributed by atoms with E-state index in [-0.39, 0.29) is 107 Å². The van der Waals surface area contributed by atoms with Crippen molar-refractivity contribution < 1.29 is 90.5 Å². The van der Waals surface area contributed by atoms with E-state index < -0.39 is 31.1 Å². The molecule has 0 aliphatic carbocycles. The van der Waals surface area contributed by atoms with Gasteiger partial charge in [-0.3, -0.25) is 9.98 Å². The third kappa shape index (κ3) is 8.06. The van der Waals surface area contributed by atoms with Gasteiger partial charge in [-0.15, -0.1) is 0 Å². The normalized spacial score (nSPS) is 21.1. The molecule has 1 aliphatic rings. The van der Waals surface area contributed by atoms with Crippen LogP contribution in [-0.2, 0) is 24.2 Å². The van der Waals surface area contributed by atoms with Gasteiger partial charge in [0, 0.05) is 0 Å². The number of hydrogen-bond acceptors (Lipinski definition) is 7. The Morgan fingerprint density at radius 3 is 2.04 bits per heavy atom. The van der Waals surface area contributed by atoms with Crippen LogP contribution < -0.4 is 56.4 Å². The Hall–Kier alpha value is 0.0534. The van der Waals surface area contributed by atoms with Crippen molar-refractivity contribution in [3.05, 3.63) is 48.9 Å². The number of rotatable bonds is 2. The molecule has 1 aliphatic heterocycles. The molecule has 0 aromatic carbocycles. The molecule has 2 aromatic rings. The summed E-state index contributed by atoms with van der Waals surface area (Å²) < 4.78 is 6.87. The number of aliphatic hydroxyl groups excluding tert-OH is 3. The average Bonchev–Trinajstić information content (AvgIpc) is 2.94. The summed E-state index contributed by atoms with van der Waals surface area (Å²) in [6.07, 6.45) is -1.37. The molecule has 0 amide bonds. The molecular formula is C10H23Br3N10O4Ru. The minimum absolute atomic E-state index is 0. The maximum atomic E-state index is 9.95. The van der Waals surface area contributed by atoms with Crippen LogP contribution in [0.2, 0.25) is 0 Å². The number of imidazole rings is 1. The van der Waals surface area contributed by atoms with Crippen molar-refractivity contribution in [1.82, 2.24) is 19.5 Å². The monoisotopic (exact) mass is 686 g/mol. The van der Waals surface area contributed by atoms with E-state index in [4.69, 9.17) is 15.3 Å². The quantitative estimate of drug-likeness (QED) is 0.191. The van der Waals surface area contributed by atoms with E-state index in [1.165, 1.54) is 17.2 Å². The maximum absolute atomic E-state index is 9.95. The van der Waals surface area contributed by atoms with Gasteiger partial charge in [-0.2, -0.15) is 0 Å². The van der Waals surface area contributed by atoms with Crippen molar-refractivity contribution in [2.75, 3.05) is 6.61 Å². The van der Waals surface area contributed by atoms with E-state index >= 15 is 0 Å². The van der Waals surface area contributed by atoms with Crippen LogP contribution in [0.25, 0.3) is 41.9 Å². The molecule has 0 spiro atoms. The number of ether oxygens (including phenoxy) is 1. The minimum Gasteiger partial charge on any atom is -1.00 e. The first-order valence-corrected chi connectivity index (χ1v) is 5.70. The summed E-state index contributed by atoms with van der Waals surface area (Å²) in [6, 6.07) is 0. The average molecular weight is 688 g/mol. The van der Waals surface area contributed by atoms with Gasteiger partial charge >= 0.3 is 19.5 Å². The third-order valence-corrected chi connectivity index (χ3v) is 3.20. The summed E-state index contributed by atoms with van der Waals surface area (Å²) in [4.78, 5) is 10.6. The third-order valence-electron chi connectivity index (χ3n) is 3.20. The van der Waals surface area contributed by atoms with Gasteiger partial charge in [0.1, 0.15) is 29.5 Å². The summed E-state index contributed by atoms with van der Waals surface area (Å²) in [5.41, 5.74) is 0.786. The molecule has 0 unspecified atom stereocenters. The van der Waals surface area contributed by atoms with Crippen LogP contribution in [0.5, 0.6) is 0 Å². The molecule has 3 heterocycles. The van der Waals surface area contributed by atoms with Gasteiger partial charge < -0.3 is 107 Å². The topological polar surface area (TPSA) is 308 Å². The number of aromatic amines is 1. The van der Waals surface area contributed by atoms with E-state index in [9.17, 15) is 10.2 Å². The largest absolute Gasteiger partial charge is 8.00 e. The number of hydrogen-bond donors (Lipinski definition) is 5. The van der Waals surface area contributed by atoms with Crippen LogP contribution >= 0.6 is 0 Å². The fourth-order valence-corrected chi connectivity index (χ4v) is 2.20. The molecule has 28 heavy (non-hydrogen) atoms. The van der Waals surface area contributed by atoms with Crippen molar-refractivity contribution in [3.63, 3.8) is 0 Å². The standard InChI is InChI=1S/C10H13N5O4.3BrH.5H2N.Ru/c11-8-5-9(13-2-12-8)15(3-14-5)10-7(18)6(17)4(1-16)19-10;;;;;;;;;/h2-4,6-7,10,16-18H,1H2,(H2,11,12,13);3*1H;5*1H2;/q;;;;5*-1;+8/p-3/t4-,6-,7-,10-;;;;;;;;;/m1........./s1. The van der Waals surface area contributed by atoms with E-state index in [1.807, 2.05) is 0 Å². The summed E-state index contributed by atoms with van der Waals surface area (Å²) in [7, 11) is 0. The van der Waals surface area contributed by atoms with Crippen molar-refractivity contribution in [2.24, 2.45) is 0 Å². The molecular weight excluding hydrogens is 665 g/mol. The Balaban J connectivity index is -0.0000000980. The number of nitrogens with zero attached hydrogens (tertiary/aromatic N) is 3. The SMILES string of the molecule is N=c1nc[nH]c2c1ncn2[C@@H]1O[C@H](CO)[C@@H](O)[C@H]1O.[Br-].[Br-].[Br-].[NH2-].[NH2-].[NH2-].[NH2-].[NH2-].[Ru+8]. The number of nitrogens with one attached hydrogen (secondary N) is 2. The number of halogens is 3. The zero-order valence-electron chi connectivity index (χ0n) is 14.1. The molecule has 0 radical (unpaired) electrons. The summed E-state index contributed by atoms with van der Waals surface area (Å²) in [5, 5.41) is 36.3. The van der Waals surface area contributed by atoms with E-state index in [0.29, 0.717) is 11.2 Å². The van der Waals surface area contributed by atoms with Gasteiger partial charge in [-0.1, -0.05) is 0 Å². The van der Waals surface area contributed by atoms with E-state index in [1.54, 1.807) is 0 Å². The van der Waals surface area contributed by atoms with Crippen molar-refractivity contribution in [1.29, 1.82) is 5.41 Å². The van der Waals surface area contributed by atoms with Crippen LogP contribution in [0.4, 0.5) is 0 Å². The summed E-state index contributed by atoms with van der Waals surface area (Å²) in [6.45, 7) is -0.393. The number of H-pyrrole nitrogens is 1. The molecule has 14 nitrogen and oxygen atoms in total. The molecule has 0 saturated carbocycles. The van der Waals surface area contributed by atoms with Gasteiger partial charge in [0.05, 0.1) is 19.3 Å². The van der Waals surface area contributed by atoms with Gasteiger partial charge in [0.2, 0.25) is 0 Å². The number of aliphatic hydroxyl groups is 3. The molecule has 4 atom stereocenters. The molecule has 15 N–H and O–H groups in total. The number of fused-ring (bicyclic) bond motifs is 1. The first kappa shape index (κ1) is 46.3. The molecule has 1 fully saturated rings. The Morgan fingerprint density at radius 1 is 1.04 bits per heavy atom. The molecule has 166 valence electrons. The molecule has 2 aromatic heterocycles. The van der Waals surface area contributed by atoms with Crippen LogP contribution in [0.15, 0.2) is 12.7 Å². The first-order valence-electron chi connectivity index (χ1n) is 5.70. The van der Waals surface area contributed by atoms with E-state index in [0.717, 1.165) is 0 Å². The van der Waals surface area contributed by atoms with Gasteiger partial charge in [-0.05, 0) is 0 Å². The van der Waals surface area contributed by atoms with Gasteiger partial charge in [0.15, 0.2) is 11.7 Å². The molecule has 3 rings (SSSR count). The molecule has 18 heteroatoms. The van der Waals surface area contributed by atoms with Crippen LogP contribution in [0.1, 0.15) is 6.23 Å². The van der Waals surface area contributed by atoms with Crippen LogP contribution in [-0.4, -0.2) is 59.8 Å². The predicted octanol–water partition coefficient (Wildman–Crippen LogP) is -7.55. The van der Waals surface area contributed by atoms with Gasteiger partial charge in [-0.25, -0.2) is 9.97 Å². The fraction of sp³-hybridized carbons (Fsp3) is 0.500. The second kappa shape index (κ2) is 19.0. The van der Waals surface area contributed by atoms with Crippen LogP contribution in [0.3, 0.4) is 0 Å². The Morgan fingerprint density at radius 2 is 1.57 bits per heavy atom. The number of aromatic nitrogens is 4. The predicted molar refractivity (Wildman–Crippen MR) is 87.2 cm³/mol. The molecule has 0 bridgehead atoms. The first-order chi connectivity index (χ1) is 9.13. The zero-order chi connectivity index (χ0) is 13.6. The van der Waals surface area contributed by atoms with Crippen molar-refractivity contribution in [3.8, 4) is 0 Å². The smallest absolute Gasteiger partial charge is 1.00 e. The zero-order valence-corrected chi connectivity index (χ0v) is 20.6. The summed E-state index contributed by atoms with van der Waals surface area (Å²) in [5.74, 6) is 0. The Labute approximate surface area is 205 Å². The van der Waals surface area contributed by atoms with E-state index in [2.05, 4.69) is 15.0 Å². The number of nitrogens with two attached hydrogens (primary N) is 5. The van der Waals surface area contributed by atoms with Gasteiger partial charge in [0.25, 0.3) is 0 Å². The minimum atomic E-state index is -1.19. The van der Waals surface area contributed by atoms with Crippen LogP contribution in [0, 0.1) is 5.41 Å². The maximum Gasteiger partial charge on any atom is 8.00 e. The van der Waals surface area contributed by atoms with Crippen molar-refractivity contribution >= 4 is 11.2 Å². The Bertz CT molecular complexity index is 680. The second-order valence-corrected chi connectivity index (χ2v) is 4.33. The van der Waals surface area contributed by atoms with Crippen molar-refractivity contribution in [2.45, 2.75) is 24.5 Å². The molecule has 1 saturated heterocycles. The Kier molecular flexibility index (Phi) is 31.5. The summed E-state index contributed by atoms with van der Waals surface area (Å²) >= 11 is 0.